The molecule has 0 radical (unpaired) electrons. The molecule has 154 valence electrons. The third-order valence-corrected chi connectivity index (χ3v) is 4.59. The molecule has 0 unspecified atom stereocenters. The van der Waals surface area contributed by atoms with Crippen molar-refractivity contribution in [2.24, 2.45) is 0 Å². The number of alkyl halides is 3. The van der Waals surface area contributed by atoms with Gasteiger partial charge in [0.1, 0.15) is 11.3 Å². The van der Waals surface area contributed by atoms with Crippen LogP contribution in [0.15, 0.2) is 47.4 Å². The fourth-order valence-electron chi connectivity index (χ4n) is 2.57. The second-order valence-electron chi connectivity index (χ2n) is 6.30. The normalized spacial score (nSPS) is 11.8. The van der Waals surface area contributed by atoms with Crippen molar-refractivity contribution in [2.45, 2.75) is 31.0 Å². The standard InChI is InChI=1S/C21H19F3O4S/c1-12(2)28-19-14(6-10-16(20(26)27)18(19)21(22,23)24)7-11-17(25)13-4-8-15(29-3)9-5-13/h4-12H,1-3H3,(H,26,27)/b11-7+. The first-order valence-electron chi connectivity index (χ1n) is 8.55. The van der Waals surface area contributed by atoms with E-state index in [1.807, 2.05) is 6.26 Å². The van der Waals surface area contributed by atoms with Crippen molar-refractivity contribution in [2.75, 3.05) is 6.26 Å². The molecule has 0 saturated heterocycles. The van der Waals surface area contributed by atoms with Crippen LogP contribution in [0.4, 0.5) is 13.2 Å². The Kier molecular flexibility index (Phi) is 7.13. The fraction of sp³-hybridized carbons (Fsp3) is 0.238. The Bertz CT molecular complexity index is 932. The summed E-state index contributed by atoms with van der Waals surface area (Å²) in [4.78, 5) is 24.6. The molecular formula is C21H19F3O4S. The molecule has 0 bridgehead atoms. The van der Waals surface area contributed by atoms with Gasteiger partial charge in [-0.1, -0.05) is 6.07 Å². The molecule has 2 rings (SSSR count). The van der Waals surface area contributed by atoms with E-state index in [9.17, 15) is 22.8 Å². The van der Waals surface area contributed by atoms with Gasteiger partial charge in [-0.25, -0.2) is 4.79 Å². The molecule has 0 atom stereocenters. The maximum atomic E-state index is 13.6. The highest BCUT2D eigenvalue weighted by atomic mass is 32.2. The molecule has 0 amide bonds. The number of thioether (sulfide) groups is 1. The van der Waals surface area contributed by atoms with Gasteiger partial charge in [-0.2, -0.15) is 13.2 Å². The third kappa shape index (κ3) is 5.63. The Morgan fingerprint density at radius 2 is 1.72 bits per heavy atom. The zero-order chi connectivity index (χ0) is 21.8. The first-order chi connectivity index (χ1) is 13.5. The van der Waals surface area contributed by atoms with E-state index >= 15 is 0 Å². The summed E-state index contributed by atoms with van der Waals surface area (Å²) in [5, 5.41) is 9.16. The van der Waals surface area contributed by atoms with Gasteiger partial charge in [0.2, 0.25) is 0 Å². The van der Waals surface area contributed by atoms with Crippen molar-refractivity contribution in [3.8, 4) is 5.75 Å². The molecule has 0 aliphatic rings. The lowest BCUT2D eigenvalue weighted by Crippen LogP contribution is -2.18. The van der Waals surface area contributed by atoms with Gasteiger partial charge >= 0.3 is 12.1 Å². The number of carbonyl (C=O) groups is 2. The van der Waals surface area contributed by atoms with Crippen LogP contribution in [0.5, 0.6) is 5.75 Å². The minimum Gasteiger partial charge on any atom is -0.490 e. The van der Waals surface area contributed by atoms with Crippen LogP contribution >= 0.6 is 11.8 Å². The molecule has 0 heterocycles. The second-order valence-corrected chi connectivity index (χ2v) is 7.18. The molecule has 0 aromatic heterocycles. The van der Waals surface area contributed by atoms with Crippen molar-refractivity contribution in [3.63, 3.8) is 0 Å². The van der Waals surface area contributed by atoms with Gasteiger partial charge in [0.15, 0.2) is 5.78 Å². The van der Waals surface area contributed by atoms with Crippen molar-refractivity contribution < 1.29 is 32.6 Å². The maximum Gasteiger partial charge on any atom is 0.420 e. The molecule has 0 aliphatic carbocycles. The minimum absolute atomic E-state index is 0.0369. The van der Waals surface area contributed by atoms with E-state index in [1.165, 1.54) is 37.8 Å². The minimum atomic E-state index is -4.94. The van der Waals surface area contributed by atoms with Crippen LogP contribution in [0.3, 0.4) is 0 Å². The molecule has 0 aliphatic heterocycles. The number of carbonyl (C=O) groups excluding carboxylic acids is 1. The SMILES string of the molecule is CSc1ccc(C(=O)/C=C/c2ccc(C(=O)O)c(C(F)(F)F)c2OC(C)C)cc1. The van der Waals surface area contributed by atoms with E-state index < -0.39 is 40.9 Å². The van der Waals surface area contributed by atoms with Gasteiger partial charge in [0, 0.05) is 16.0 Å². The Morgan fingerprint density at radius 3 is 2.21 bits per heavy atom. The molecule has 2 aromatic carbocycles. The zero-order valence-electron chi connectivity index (χ0n) is 15.9. The average Bonchev–Trinajstić information content (AvgIpc) is 2.64. The zero-order valence-corrected chi connectivity index (χ0v) is 16.7. The molecule has 0 spiro atoms. The van der Waals surface area contributed by atoms with Crippen LogP contribution in [0.2, 0.25) is 0 Å². The Morgan fingerprint density at radius 1 is 1.10 bits per heavy atom. The second kappa shape index (κ2) is 9.17. The van der Waals surface area contributed by atoms with Gasteiger partial charge in [0.05, 0.1) is 11.7 Å². The lowest BCUT2D eigenvalue weighted by molar-refractivity contribution is -0.139. The monoisotopic (exact) mass is 424 g/mol. The molecule has 0 saturated carbocycles. The molecule has 29 heavy (non-hydrogen) atoms. The number of rotatable bonds is 7. The first kappa shape index (κ1) is 22.5. The lowest BCUT2D eigenvalue weighted by Gasteiger charge is -2.20. The topological polar surface area (TPSA) is 63.6 Å². The summed E-state index contributed by atoms with van der Waals surface area (Å²) in [7, 11) is 0. The van der Waals surface area contributed by atoms with Crippen molar-refractivity contribution >= 4 is 29.6 Å². The summed E-state index contributed by atoms with van der Waals surface area (Å²) in [5.41, 5.74) is -1.95. The summed E-state index contributed by atoms with van der Waals surface area (Å²) >= 11 is 1.51. The van der Waals surface area contributed by atoms with Gasteiger partial charge < -0.3 is 9.84 Å². The number of ketones is 1. The summed E-state index contributed by atoms with van der Waals surface area (Å²) in [5.74, 6) is -2.73. The number of allylic oxidation sites excluding steroid dienone is 1. The van der Waals surface area contributed by atoms with E-state index in [2.05, 4.69) is 0 Å². The highest BCUT2D eigenvalue weighted by Gasteiger charge is 2.40. The van der Waals surface area contributed by atoms with E-state index in [4.69, 9.17) is 9.84 Å². The third-order valence-electron chi connectivity index (χ3n) is 3.84. The molecular weight excluding hydrogens is 405 g/mol. The van der Waals surface area contributed by atoms with Crippen LogP contribution < -0.4 is 4.74 Å². The maximum absolute atomic E-state index is 13.6. The summed E-state index contributed by atoms with van der Waals surface area (Å²) < 4.78 is 46.1. The highest BCUT2D eigenvalue weighted by molar-refractivity contribution is 7.98. The van der Waals surface area contributed by atoms with Gasteiger partial charge in [-0.15, -0.1) is 11.8 Å². The van der Waals surface area contributed by atoms with Gasteiger partial charge in [-0.05, 0) is 62.6 Å². The lowest BCUT2D eigenvalue weighted by atomic mass is 10.00. The quantitative estimate of drug-likeness (QED) is 0.345. The fourth-order valence-corrected chi connectivity index (χ4v) is 2.98. The van der Waals surface area contributed by atoms with Crippen molar-refractivity contribution in [1.82, 2.24) is 0 Å². The molecule has 2 aromatic rings. The molecule has 1 N–H and O–H groups in total. The average molecular weight is 424 g/mol. The van der Waals surface area contributed by atoms with Crippen LogP contribution in [-0.4, -0.2) is 29.2 Å². The smallest absolute Gasteiger partial charge is 0.420 e. The Hall–Kier alpha value is -2.74. The van der Waals surface area contributed by atoms with Gasteiger partial charge in [-0.3, -0.25) is 4.79 Å². The number of benzene rings is 2. The van der Waals surface area contributed by atoms with Crippen molar-refractivity contribution in [1.29, 1.82) is 0 Å². The van der Waals surface area contributed by atoms with Crippen molar-refractivity contribution in [3.05, 3.63) is 64.7 Å². The first-order valence-corrected chi connectivity index (χ1v) is 9.77. The largest absolute Gasteiger partial charge is 0.490 e. The van der Waals surface area contributed by atoms with Crippen LogP contribution in [0, 0.1) is 0 Å². The number of aromatic carboxylic acids is 1. The number of carboxylic acid groups (broad SMARTS) is 1. The Balaban J connectivity index is 2.51. The number of hydrogen-bond donors (Lipinski definition) is 1. The molecule has 4 nitrogen and oxygen atoms in total. The van der Waals surface area contributed by atoms with E-state index in [0.717, 1.165) is 17.0 Å². The number of halogens is 3. The van der Waals surface area contributed by atoms with E-state index in [1.54, 1.807) is 24.3 Å². The van der Waals surface area contributed by atoms with Crippen LogP contribution in [0.25, 0.3) is 6.08 Å². The van der Waals surface area contributed by atoms with Crippen LogP contribution in [0.1, 0.15) is 45.7 Å². The van der Waals surface area contributed by atoms with Gasteiger partial charge in [0.25, 0.3) is 0 Å². The molecule has 8 heteroatoms. The highest BCUT2D eigenvalue weighted by Crippen LogP contribution is 2.42. The number of carboxylic acids is 1. The predicted molar refractivity (Wildman–Crippen MR) is 106 cm³/mol. The number of ether oxygens (including phenoxy) is 1. The summed E-state index contributed by atoms with van der Waals surface area (Å²) in [6.45, 7) is 3.05. The predicted octanol–water partition coefficient (Wildman–Crippen LogP) is 5.81. The van der Waals surface area contributed by atoms with E-state index in [0.29, 0.717) is 5.56 Å². The van der Waals surface area contributed by atoms with E-state index in [-0.39, 0.29) is 5.56 Å². The number of hydrogen-bond acceptors (Lipinski definition) is 4. The molecule has 0 fully saturated rings. The van der Waals surface area contributed by atoms with Crippen LogP contribution in [-0.2, 0) is 6.18 Å². The summed E-state index contributed by atoms with van der Waals surface area (Å²) in [6.07, 6.45) is -1.35. The summed E-state index contributed by atoms with van der Waals surface area (Å²) in [6, 6.07) is 8.83. The Labute approximate surface area is 170 Å².